The molecule has 2 heteroatoms. The van der Waals surface area contributed by atoms with Gasteiger partial charge in [-0.1, -0.05) is 32.9 Å². The number of benzene rings is 1. The molecule has 0 aliphatic carbocycles. The molecule has 15 heavy (non-hydrogen) atoms. The van der Waals surface area contributed by atoms with Crippen molar-refractivity contribution in [1.82, 2.24) is 0 Å². The maximum absolute atomic E-state index is 8.60. The lowest BCUT2D eigenvalue weighted by Crippen LogP contribution is -2.11. The van der Waals surface area contributed by atoms with Crippen molar-refractivity contribution >= 4 is 0 Å². The van der Waals surface area contributed by atoms with Crippen LogP contribution in [0.4, 0.5) is 0 Å². The van der Waals surface area contributed by atoms with Gasteiger partial charge in [-0.3, -0.25) is 0 Å². The number of nitriles is 1. The summed E-state index contributed by atoms with van der Waals surface area (Å²) in [5.74, 6) is 0.747. The molecule has 0 fully saturated rings. The van der Waals surface area contributed by atoms with Gasteiger partial charge in [-0.25, -0.2) is 0 Å². The summed E-state index contributed by atoms with van der Waals surface area (Å²) < 4.78 is 5.37. The van der Waals surface area contributed by atoms with E-state index >= 15 is 0 Å². The lowest BCUT2D eigenvalue weighted by Gasteiger charge is -2.19. The highest BCUT2D eigenvalue weighted by Gasteiger charge is 2.13. The Balaban J connectivity index is 2.78. The van der Waals surface area contributed by atoms with E-state index in [0.29, 0.717) is 0 Å². The van der Waals surface area contributed by atoms with Crippen LogP contribution in [-0.4, -0.2) is 6.10 Å². The first kappa shape index (κ1) is 11.6. The summed E-state index contributed by atoms with van der Waals surface area (Å²) in [5, 5.41) is 8.60. The molecule has 0 aliphatic rings. The minimum Gasteiger partial charge on any atom is -0.476 e. The summed E-state index contributed by atoms with van der Waals surface area (Å²) in [6, 6.07) is 9.94. The first-order valence-corrected chi connectivity index (χ1v) is 5.10. The zero-order valence-electron chi connectivity index (χ0n) is 9.74. The van der Waals surface area contributed by atoms with E-state index in [-0.39, 0.29) is 5.41 Å². The Morgan fingerprint density at radius 3 is 2.13 bits per heavy atom. The molecule has 1 aromatic rings. The molecule has 80 valence electrons. The van der Waals surface area contributed by atoms with Gasteiger partial charge in [-0.2, -0.15) is 5.26 Å². The average molecular weight is 203 g/mol. The lowest BCUT2D eigenvalue weighted by molar-refractivity contribution is 0.276. The zero-order chi connectivity index (χ0) is 11.5. The molecule has 2 nitrogen and oxygen atoms in total. The molecule has 1 atom stereocenters. The van der Waals surface area contributed by atoms with Gasteiger partial charge >= 0.3 is 0 Å². The molecule has 0 radical (unpaired) electrons. The Morgan fingerprint density at radius 1 is 1.20 bits per heavy atom. The normalized spacial score (nSPS) is 13.0. The SMILES string of the molecule is C[C@@H](C#N)Oc1ccc(C(C)(C)C)cc1. The maximum atomic E-state index is 8.60. The Hall–Kier alpha value is -1.49. The van der Waals surface area contributed by atoms with Crippen molar-refractivity contribution < 1.29 is 4.74 Å². The van der Waals surface area contributed by atoms with Crippen molar-refractivity contribution in [3.63, 3.8) is 0 Å². The summed E-state index contributed by atoms with van der Waals surface area (Å²) >= 11 is 0. The number of rotatable bonds is 2. The third kappa shape index (κ3) is 3.28. The van der Waals surface area contributed by atoms with E-state index in [4.69, 9.17) is 10.00 Å². The van der Waals surface area contributed by atoms with E-state index in [2.05, 4.69) is 20.8 Å². The van der Waals surface area contributed by atoms with Gasteiger partial charge in [-0.15, -0.1) is 0 Å². The Kier molecular flexibility index (Phi) is 3.36. The molecule has 0 heterocycles. The lowest BCUT2D eigenvalue weighted by atomic mass is 9.87. The predicted molar refractivity (Wildman–Crippen MR) is 60.8 cm³/mol. The van der Waals surface area contributed by atoms with Gasteiger partial charge in [0, 0.05) is 0 Å². The Labute approximate surface area is 91.5 Å². The van der Waals surface area contributed by atoms with Crippen molar-refractivity contribution in [2.24, 2.45) is 0 Å². The molecule has 0 aromatic heterocycles. The summed E-state index contributed by atoms with van der Waals surface area (Å²) in [6.07, 6.45) is -0.398. The van der Waals surface area contributed by atoms with Crippen LogP contribution in [0.25, 0.3) is 0 Å². The molecule has 0 unspecified atom stereocenters. The van der Waals surface area contributed by atoms with E-state index in [1.807, 2.05) is 30.3 Å². The highest BCUT2D eigenvalue weighted by molar-refractivity contribution is 5.31. The first-order chi connectivity index (χ1) is 6.93. The van der Waals surface area contributed by atoms with E-state index < -0.39 is 6.10 Å². The molecule has 1 rings (SSSR count). The maximum Gasteiger partial charge on any atom is 0.181 e. The van der Waals surface area contributed by atoms with Crippen LogP contribution in [-0.2, 0) is 5.41 Å². The van der Waals surface area contributed by atoms with Gasteiger partial charge in [0.1, 0.15) is 11.8 Å². The zero-order valence-corrected chi connectivity index (χ0v) is 9.74. The van der Waals surface area contributed by atoms with Crippen LogP contribution in [0.15, 0.2) is 24.3 Å². The van der Waals surface area contributed by atoms with Gasteiger partial charge < -0.3 is 4.74 Å². The van der Waals surface area contributed by atoms with Crippen molar-refractivity contribution in [2.75, 3.05) is 0 Å². The summed E-state index contributed by atoms with van der Waals surface area (Å²) in [6.45, 7) is 8.24. The van der Waals surface area contributed by atoms with Crippen LogP contribution in [0.5, 0.6) is 5.75 Å². The third-order valence-corrected chi connectivity index (χ3v) is 2.22. The second-order valence-corrected chi connectivity index (χ2v) is 4.66. The van der Waals surface area contributed by atoms with Crippen LogP contribution in [0.3, 0.4) is 0 Å². The van der Waals surface area contributed by atoms with E-state index in [1.54, 1.807) is 6.92 Å². The first-order valence-electron chi connectivity index (χ1n) is 5.10. The highest BCUT2D eigenvalue weighted by Crippen LogP contribution is 2.24. The Bertz CT molecular complexity index is 354. The number of nitrogens with zero attached hydrogens (tertiary/aromatic N) is 1. The van der Waals surface area contributed by atoms with Gasteiger partial charge in [0.2, 0.25) is 0 Å². The predicted octanol–water partition coefficient (Wildman–Crippen LogP) is 3.27. The van der Waals surface area contributed by atoms with Gasteiger partial charge in [0.25, 0.3) is 0 Å². The van der Waals surface area contributed by atoms with E-state index in [9.17, 15) is 0 Å². The summed E-state index contributed by atoms with van der Waals surface area (Å²) in [5.41, 5.74) is 1.42. The standard InChI is InChI=1S/C13H17NO/c1-10(9-14)15-12-7-5-11(6-8-12)13(2,3)4/h5-8,10H,1-4H3/t10-/m0/s1. The van der Waals surface area contributed by atoms with Gasteiger partial charge in [0.05, 0.1) is 0 Å². The van der Waals surface area contributed by atoms with Crippen molar-refractivity contribution in [2.45, 2.75) is 39.2 Å². The summed E-state index contributed by atoms with van der Waals surface area (Å²) in [4.78, 5) is 0. The summed E-state index contributed by atoms with van der Waals surface area (Å²) in [7, 11) is 0. The second kappa shape index (κ2) is 4.35. The Morgan fingerprint density at radius 2 is 1.73 bits per heavy atom. The van der Waals surface area contributed by atoms with Crippen LogP contribution < -0.4 is 4.74 Å². The molecule has 1 aromatic carbocycles. The molecule has 0 bridgehead atoms. The molecule has 0 N–H and O–H groups in total. The van der Waals surface area contributed by atoms with Crippen LogP contribution >= 0.6 is 0 Å². The molecular formula is C13H17NO. The van der Waals surface area contributed by atoms with Crippen LogP contribution in [0.2, 0.25) is 0 Å². The molecule has 0 aliphatic heterocycles. The molecule has 0 spiro atoms. The number of hydrogen-bond acceptors (Lipinski definition) is 2. The quantitative estimate of drug-likeness (QED) is 0.739. The second-order valence-electron chi connectivity index (χ2n) is 4.66. The fraction of sp³-hybridized carbons (Fsp3) is 0.462. The fourth-order valence-electron chi connectivity index (χ4n) is 1.26. The third-order valence-electron chi connectivity index (χ3n) is 2.22. The van der Waals surface area contributed by atoms with Crippen LogP contribution in [0, 0.1) is 11.3 Å². The monoisotopic (exact) mass is 203 g/mol. The van der Waals surface area contributed by atoms with E-state index in [0.717, 1.165) is 5.75 Å². The smallest absolute Gasteiger partial charge is 0.181 e. The number of hydrogen-bond donors (Lipinski definition) is 0. The minimum absolute atomic E-state index is 0.152. The highest BCUT2D eigenvalue weighted by atomic mass is 16.5. The number of ether oxygens (including phenoxy) is 1. The molecule has 0 saturated carbocycles. The van der Waals surface area contributed by atoms with Gasteiger partial charge in [-0.05, 0) is 30.0 Å². The minimum atomic E-state index is -0.398. The van der Waals surface area contributed by atoms with Crippen molar-refractivity contribution in [1.29, 1.82) is 5.26 Å². The van der Waals surface area contributed by atoms with Crippen molar-refractivity contribution in [3.8, 4) is 11.8 Å². The topological polar surface area (TPSA) is 33.0 Å². The largest absolute Gasteiger partial charge is 0.476 e. The van der Waals surface area contributed by atoms with Crippen molar-refractivity contribution in [3.05, 3.63) is 29.8 Å². The average Bonchev–Trinajstić information content (AvgIpc) is 2.17. The van der Waals surface area contributed by atoms with Gasteiger partial charge in [0.15, 0.2) is 6.10 Å². The molecule has 0 saturated heterocycles. The van der Waals surface area contributed by atoms with Crippen LogP contribution in [0.1, 0.15) is 33.3 Å². The fourth-order valence-corrected chi connectivity index (χ4v) is 1.26. The molecule has 0 amide bonds. The molecular weight excluding hydrogens is 186 g/mol. The van der Waals surface area contributed by atoms with E-state index in [1.165, 1.54) is 5.56 Å².